The zero-order valence-corrected chi connectivity index (χ0v) is 16.9. The summed E-state index contributed by atoms with van der Waals surface area (Å²) in [5, 5.41) is 5.50. The largest absolute Gasteiger partial charge is 0.261 e. The van der Waals surface area contributed by atoms with Gasteiger partial charge in [-0.05, 0) is 48.3 Å². The highest BCUT2D eigenvalue weighted by molar-refractivity contribution is 7.19. The smallest absolute Gasteiger partial charge is 0.158 e. The van der Waals surface area contributed by atoms with Crippen LogP contribution in [0.25, 0.3) is 10.2 Å². The Morgan fingerprint density at radius 3 is 2.96 bits per heavy atom. The minimum Gasteiger partial charge on any atom is -0.261 e. The van der Waals surface area contributed by atoms with Gasteiger partial charge in [-0.3, -0.25) is 10.4 Å². The zero-order valence-electron chi connectivity index (χ0n) is 16.1. The van der Waals surface area contributed by atoms with Crippen molar-refractivity contribution in [2.24, 2.45) is 16.4 Å². The van der Waals surface area contributed by atoms with Gasteiger partial charge in [0.15, 0.2) is 5.82 Å². The van der Waals surface area contributed by atoms with Gasteiger partial charge < -0.3 is 0 Å². The summed E-state index contributed by atoms with van der Waals surface area (Å²) in [5.74, 6) is 1.48. The lowest BCUT2D eigenvalue weighted by molar-refractivity contribution is 0.184. The second-order valence-corrected chi connectivity index (χ2v) is 8.90. The first-order valence-corrected chi connectivity index (χ1v) is 10.4. The summed E-state index contributed by atoms with van der Waals surface area (Å²) < 4.78 is 0. The van der Waals surface area contributed by atoms with Crippen molar-refractivity contribution in [3.8, 4) is 0 Å². The topological polar surface area (TPSA) is 63.1 Å². The van der Waals surface area contributed by atoms with Crippen molar-refractivity contribution in [2.45, 2.75) is 46.5 Å². The van der Waals surface area contributed by atoms with Crippen molar-refractivity contribution in [3.63, 3.8) is 0 Å². The van der Waals surface area contributed by atoms with Crippen LogP contribution >= 0.6 is 11.3 Å². The number of aromatic nitrogens is 3. The van der Waals surface area contributed by atoms with E-state index >= 15 is 0 Å². The Hall–Kier alpha value is -2.34. The Labute approximate surface area is 164 Å². The molecule has 0 aliphatic heterocycles. The highest BCUT2D eigenvalue weighted by Gasteiger charge is 2.33. The van der Waals surface area contributed by atoms with E-state index in [0.717, 1.165) is 34.6 Å². The molecule has 1 atom stereocenters. The van der Waals surface area contributed by atoms with Gasteiger partial charge in [-0.15, -0.1) is 11.3 Å². The predicted molar refractivity (Wildman–Crippen MR) is 112 cm³/mol. The molecule has 4 rings (SSSR count). The molecule has 3 aromatic rings. The summed E-state index contributed by atoms with van der Waals surface area (Å²) in [6.45, 7) is 7.08. The Morgan fingerprint density at radius 1 is 1.30 bits per heavy atom. The molecule has 3 heterocycles. The number of pyridine rings is 1. The van der Waals surface area contributed by atoms with Crippen molar-refractivity contribution >= 4 is 33.6 Å². The summed E-state index contributed by atoms with van der Waals surface area (Å²) in [5.41, 5.74) is 5.71. The van der Waals surface area contributed by atoms with E-state index in [2.05, 4.69) is 46.3 Å². The first-order chi connectivity index (χ1) is 13.1. The highest BCUT2D eigenvalue weighted by atomic mass is 32.1. The normalized spacial score (nSPS) is 17.4. The van der Waals surface area contributed by atoms with Crippen LogP contribution in [-0.4, -0.2) is 21.2 Å². The van der Waals surface area contributed by atoms with E-state index in [0.29, 0.717) is 11.3 Å². The number of hydrogen-bond donors (Lipinski definition) is 1. The van der Waals surface area contributed by atoms with E-state index in [1.807, 2.05) is 29.5 Å². The molecule has 1 N–H and O–H groups in total. The lowest BCUT2D eigenvalue weighted by Crippen LogP contribution is -2.28. The average Bonchev–Trinajstić information content (AvgIpc) is 3.07. The molecule has 1 aliphatic rings. The molecule has 0 bridgehead atoms. The maximum absolute atomic E-state index is 4.52. The third kappa shape index (κ3) is 3.58. The molecule has 5 nitrogen and oxygen atoms in total. The maximum Gasteiger partial charge on any atom is 0.158 e. The van der Waals surface area contributed by atoms with Gasteiger partial charge in [0.1, 0.15) is 11.2 Å². The number of nitrogens with zero attached hydrogens (tertiary/aromatic N) is 4. The molecule has 27 heavy (non-hydrogen) atoms. The maximum atomic E-state index is 4.52. The van der Waals surface area contributed by atoms with Gasteiger partial charge in [0.2, 0.25) is 0 Å². The second-order valence-electron chi connectivity index (χ2n) is 7.81. The van der Waals surface area contributed by atoms with Gasteiger partial charge in [0.05, 0.1) is 17.3 Å². The van der Waals surface area contributed by atoms with Crippen LogP contribution in [0.15, 0.2) is 35.8 Å². The van der Waals surface area contributed by atoms with Crippen LogP contribution in [0, 0.1) is 11.3 Å². The van der Waals surface area contributed by atoms with Crippen LogP contribution in [0.3, 0.4) is 0 Å². The molecule has 1 aliphatic carbocycles. The molecule has 0 aromatic carbocycles. The van der Waals surface area contributed by atoms with Crippen LogP contribution in [0.1, 0.15) is 49.7 Å². The fourth-order valence-electron chi connectivity index (χ4n) is 3.76. The molecule has 3 aromatic heterocycles. The summed E-state index contributed by atoms with van der Waals surface area (Å²) in [6.07, 6.45) is 9.80. The predicted octanol–water partition coefficient (Wildman–Crippen LogP) is 5.07. The van der Waals surface area contributed by atoms with Crippen LogP contribution in [0.5, 0.6) is 0 Å². The van der Waals surface area contributed by atoms with Gasteiger partial charge in [0, 0.05) is 11.1 Å². The summed E-state index contributed by atoms with van der Waals surface area (Å²) in [4.78, 5) is 15.8. The number of rotatable bonds is 5. The third-order valence-corrected chi connectivity index (χ3v) is 7.11. The Kier molecular flexibility index (Phi) is 4.91. The number of hydrazone groups is 1. The quantitative estimate of drug-likeness (QED) is 0.496. The number of anilines is 1. The highest BCUT2D eigenvalue weighted by Crippen LogP contribution is 2.45. The molecule has 0 fully saturated rings. The van der Waals surface area contributed by atoms with E-state index in [4.69, 9.17) is 0 Å². The first-order valence-electron chi connectivity index (χ1n) is 9.54. The summed E-state index contributed by atoms with van der Waals surface area (Å²) in [6, 6.07) is 5.76. The monoisotopic (exact) mass is 379 g/mol. The van der Waals surface area contributed by atoms with Crippen LogP contribution in [0.2, 0.25) is 0 Å². The van der Waals surface area contributed by atoms with E-state index < -0.39 is 0 Å². The fraction of sp³-hybridized carbons (Fsp3) is 0.429. The molecule has 0 saturated heterocycles. The van der Waals surface area contributed by atoms with Crippen LogP contribution in [-0.2, 0) is 12.8 Å². The van der Waals surface area contributed by atoms with Crippen LogP contribution in [0.4, 0.5) is 5.82 Å². The minimum absolute atomic E-state index is 0.353. The van der Waals surface area contributed by atoms with E-state index in [-0.39, 0.29) is 0 Å². The van der Waals surface area contributed by atoms with Crippen molar-refractivity contribution in [1.29, 1.82) is 0 Å². The Morgan fingerprint density at radius 2 is 2.19 bits per heavy atom. The zero-order chi connectivity index (χ0) is 18.9. The number of nitrogens with one attached hydrogen (secondary N) is 1. The Bertz CT molecular complexity index is 961. The van der Waals surface area contributed by atoms with Crippen LogP contribution < -0.4 is 5.43 Å². The standard InChI is InChI=1S/C21H25N5S/c1-4-21(2,3)14-8-9-17-16(11-14)18-19(23-13-24-20(18)27-17)26-25-12-15-7-5-6-10-22-15/h5-7,10,12-14H,4,8-9,11H2,1-3H3,(H,23,24,26)/b25-12+/t14-/m1/s1. The van der Waals surface area contributed by atoms with E-state index in [1.54, 1.807) is 18.7 Å². The molecule has 0 amide bonds. The summed E-state index contributed by atoms with van der Waals surface area (Å²) >= 11 is 1.81. The average molecular weight is 380 g/mol. The molecular formula is C21H25N5S. The van der Waals surface area contributed by atoms with Crippen molar-refractivity contribution in [3.05, 3.63) is 46.9 Å². The van der Waals surface area contributed by atoms with E-state index in [9.17, 15) is 0 Å². The van der Waals surface area contributed by atoms with Crippen molar-refractivity contribution in [2.75, 3.05) is 5.43 Å². The first kappa shape index (κ1) is 18.0. The molecule has 0 spiro atoms. The second kappa shape index (κ2) is 7.35. The van der Waals surface area contributed by atoms with Gasteiger partial charge in [-0.1, -0.05) is 33.3 Å². The van der Waals surface area contributed by atoms with Gasteiger partial charge in [0.25, 0.3) is 0 Å². The minimum atomic E-state index is 0.353. The molecule has 6 heteroatoms. The van der Waals surface area contributed by atoms with Crippen molar-refractivity contribution < 1.29 is 0 Å². The van der Waals surface area contributed by atoms with Gasteiger partial charge in [-0.25, -0.2) is 9.97 Å². The SMILES string of the molecule is CCC(C)(C)[C@@H]1CCc2sc3ncnc(N/N=C/c4ccccn4)c3c2C1. The van der Waals surface area contributed by atoms with Crippen molar-refractivity contribution in [1.82, 2.24) is 15.0 Å². The van der Waals surface area contributed by atoms with E-state index in [1.165, 1.54) is 23.3 Å². The number of fused-ring (bicyclic) bond motifs is 3. The third-order valence-electron chi connectivity index (χ3n) is 5.91. The van der Waals surface area contributed by atoms with Gasteiger partial charge in [-0.2, -0.15) is 5.10 Å². The fourth-order valence-corrected chi connectivity index (χ4v) is 4.94. The van der Waals surface area contributed by atoms with Gasteiger partial charge >= 0.3 is 0 Å². The Balaban J connectivity index is 1.65. The molecular weight excluding hydrogens is 354 g/mol. The molecule has 0 unspecified atom stereocenters. The number of thiophene rings is 1. The summed E-state index contributed by atoms with van der Waals surface area (Å²) in [7, 11) is 0. The lowest BCUT2D eigenvalue weighted by atomic mass is 9.69. The number of aryl methyl sites for hydroxylation is 1. The lowest BCUT2D eigenvalue weighted by Gasteiger charge is -2.36. The number of hydrogen-bond acceptors (Lipinski definition) is 6. The molecule has 0 radical (unpaired) electrons. The molecule has 0 saturated carbocycles. The molecule has 140 valence electrons.